The van der Waals surface area contributed by atoms with Gasteiger partial charge in [0, 0.05) is 12.5 Å². The largest absolute Gasteiger partial charge is 0.507 e. The van der Waals surface area contributed by atoms with Gasteiger partial charge in [-0.3, -0.25) is 4.79 Å². The van der Waals surface area contributed by atoms with E-state index in [0.717, 1.165) is 12.0 Å². The van der Waals surface area contributed by atoms with Crippen molar-refractivity contribution < 1.29 is 14.6 Å². The molecule has 0 aliphatic rings. The fourth-order valence-corrected chi connectivity index (χ4v) is 1.57. The Morgan fingerprint density at radius 1 is 1.47 bits per heavy atom. The Balaban J connectivity index is 3.13. The zero-order valence-electron chi connectivity index (χ0n) is 9.33. The first-order valence-corrected chi connectivity index (χ1v) is 5.01. The summed E-state index contributed by atoms with van der Waals surface area (Å²) in [5.41, 5.74) is 1.17. The Hall–Kier alpha value is -1.51. The van der Waals surface area contributed by atoms with Gasteiger partial charge in [-0.2, -0.15) is 0 Å². The molecular weight excluding hydrogens is 192 g/mol. The molecule has 0 amide bonds. The van der Waals surface area contributed by atoms with Gasteiger partial charge in [0.05, 0.1) is 12.7 Å². The van der Waals surface area contributed by atoms with Gasteiger partial charge in [0.1, 0.15) is 11.5 Å². The number of phenols is 1. The molecule has 0 atom stereocenters. The molecule has 1 aromatic rings. The van der Waals surface area contributed by atoms with E-state index in [-0.39, 0.29) is 11.5 Å². The van der Waals surface area contributed by atoms with Crippen LogP contribution < -0.4 is 4.74 Å². The van der Waals surface area contributed by atoms with Crippen molar-refractivity contribution in [3.05, 3.63) is 23.3 Å². The maximum absolute atomic E-state index is 11.7. The molecule has 0 aliphatic heterocycles. The number of Topliss-reactive ketones (excluding diaryl/α,β-unsaturated/α-hetero) is 1. The number of phenolic OH excluding ortho intramolecular Hbond substituents is 1. The third kappa shape index (κ3) is 2.49. The van der Waals surface area contributed by atoms with E-state index in [4.69, 9.17) is 4.74 Å². The summed E-state index contributed by atoms with van der Waals surface area (Å²) in [4.78, 5) is 11.7. The van der Waals surface area contributed by atoms with Crippen molar-refractivity contribution in [3.8, 4) is 11.5 Å². The predicted molar refractivity (Wildman–Crippen MR) is 58.6 cm³/mol. The fraction of sp³-hybridized carbons (Fsp3) is 0.417. The van der Waals surface area contributed by atoms with Gasteiger partial charge in [0.2, 0.25) is 0 Å². The SMILES string of the molecule is CCCC(=O)c1c(C)cc(OC)cc1O. The zero-order chi connectivity index (χ0) is 11.4. The zero-order valence-corrected chi connectivity index (χ0v) is 9.33. The summed E-state index contributed by atoms with van der Waals surface area (Å²) >= 11 is 0. The van der Waals surface area contributed by atoms with E-state index in [1.807, 2.05) is 6.92 Å². The molecular formula is C12H16O3. The van der Waals surface area contributed by atoms with E-state index < -0.39 is 0 Å². The van der Waals surface area contributed by atoms with E-state index in [0.29, 0.717) is 17.7 Å². The Labute approximate surface area is 89.7 Å². The summed E-state index contributed by atoms with van der Waals surface area (Å²) in [6, 6.07) is 3.22. The average Bonchev–Trinajstić information content (AvgIpc) is 2.16. The molecule has 1 aromatic carbocycles. The molecule has 0 spiro atoms. The number of ether oxygens (including phenoxy) is 1. The minimum absolute atomic E-state index is 0.00491. The molecule has 0 aromatic heterocycles. The third-order valence-electron chi connectivity index (χ3n) is 2.28. The van der Waals surface area contributed by atoms with Crippen molar-refractivity contribution in [2.24, 2.45) is 0 Å². The second-order valence-electron chi connectivity index (χ2n) is 3.51. The highest BCUT2D eigenvalue weighted by Crippen LogP contribution is 2.28. The van der Waals surface area contributed by atoms with Crippen LogP contribution >= 0.6 is 0 Å². The number of hydrogen-bond acceptors (Lipinski definition) is 3. The van der Waals surface area contributed by atoms with Crippen LogP contribution in [0.3, 0.4) is 0 Å². The van der Waals surface area contributed by atoms with Gasteiger partial charge in [0.15, 0.2) is 5.78 Å². The summed E-state index contributed by atoms with van der Waals surface area (Å²) in [5, 5.41) is 9.70. The van der Waals surface area contributed by atoms with Crippen LogP contribution in [0.5, 0.6) is 11.5 Å². The molecule has 0 radical (unpaired) electrons. The Morgan fingerprint density at radius 2 is 2.13 bits per heavy atom. The lowest BCUT2D eigenvalue weighted by atomic mass is 10.0. The smallest absolute Gasteiger partial charge is 0.166 e. The highest BCUT2D eigenvalue weighted by molar-refractivity contribution is 6.00. The second-order valence-corrected chi connectivity index (χ2v) is 3.51. The number of carbonyl (C=O) groups excluding carboxylic acids is 1. The van der Waals surface area contributed by atoms with Crippen molar-refractivity contribution in [1.29, 1.82) is 0 Å². The molecule has 0 unspecified atom stereocenters. The normalized spacial score (nSPS) is 10.1. The number of benzene rings is 1. The number of carbonyl (C=O) groups is 1. The summed E-state index contributed by atoms with van der Waals surface area (Å²) in [6.07, 6.45) is 1.24. The first-order chi connectivity index (χ1) is 7.10. The van der Waals surface area contributed by atoms with Crippen molar-refractivity contribution in [3.63, 3.8) is 0 Å². The first kappa shape index (κ1) is 11.6. The maximum Gasteiger partial charge on any atom is 0.166 e. The van der Waals surface area contributed by atoms with Crippen molar-refractivity contribution in [1.82, 2.24) is 0 Å². The van der Waals surface area contributed by atoms with Gasteiger partial charge >= 0.3 is 0 Å². The van der Waals surface area contributed by atoms with Crippen LogP contribution in [0.1, 0.15) is 35.7 Å². The molecule has 0 saturated carbocycles. The molecule has 3 heteroatoms. The minimum Gasteiger partial charge on any atom is -0.507 e. The van der Waals surface area contributed by atoms with Gasteiger partial charge < -0.3 is 9.84 Å². The lowest BCUT2D eigenvalue weighted by molar-refractivity contribution is 0.0978. The number of aromatic hydroxyl groups is 1. The van der Waals surface area contributed by atoms with Gasteiger partial charge in [-0.15, -0.1) is 0 Å². The van der Waals surface area contributed by atoms with Gasteiger partial charge in [-0.25, -0.2) is 0 Å². The van der Waals surface area contributed by atoms with Crippen LogP contribution in [0.25, 0.3) is 0 Å². The van der Waals surface area contributed by atoms with E-state index in [9.17, 15) is 9.90 Å². The van der Waals surface area contributed by atoms with E-state index in [1.165, 1.54) is 13.2 Å². The molecule has 0 aliphatic carbocycles. The maximum atomic E-state index is 11.7. The number of ketones is 1. The van der Waals surface area contributed by atoms with Crippen LogP contribution in [0, 0.1) is 6.92 Å². The number of rotatable bonds is 4. The Morgan fingerprint density at radius 3 is 2.60 bits per heavy atom. The minimum atomic E-state index is -0.0184. The summed E-state index contributed by atoms with van der Waals surface area (Å²) in [7, 11) is 1.53. The van der Waals surface area contributed by atoms with Crippen LogP contribution in [0.4, 0.5) is 0 Å². The highest BCUT2D eigenvalue weighted by Gasteiger charge is 2.14. The van der Waals surface area contributed by atoms with E-state index >= 15 is 0 Å². The van der Waals surface area contributed by atoms with Crippen molar-refractivity contribution in [2.75, 3.05) is 7.11 Å². The predicted octanol–water partition coefficient (Wildman–Crippen LogP) is 2.69. The Bertz CT molecular complexity index is 346. The van der Waals surface area contributed by atoms with E-state index in [1.54, 1.807) is 13.0 Å². The number of hydrogen-bond donors (Lipinski definition) is 1. The molecule has 15 heavy (non-hydrogen) atoms. The van der Waals surface area contributed by atoms with Crippen LogP contribution in [-0.2, 0) is 0 Å². The van der Waals surface area contributed by atoms with E-state index in [2.05, 4.69) is 0 Å². The lowest BCUT2D eigenvalue weighted by Crippen LogP contribution is -2.02. The summed E-state index contributed by atoms with van der Waals surface area (Å²) in [6.45, 7) is 3.74. The van der Waals surface area contributed by atoms with Crippen LogP contribution in [0.2, 0.25) is 0 Å². The van der Waals surface area contributed by atoms with Gasteiger partial charge in [0.25, 0.3) is 0 Å². The molecule has 0 heterocycles. The lowest BCUT2D eigenvalue weighted by Gasteiger charge is -2.09. The number of aryl methyl sites for hydroxylation is 1. The molecule has 0 bridgehead atoms. The highest BCUT2D eigenvalue weighted by atomic mass is 16.5. The van der Waals surface area contributed by atoms with Gasteiger partial charge in [-0.1, -0.05) is 6.92 Å². The first-order valence-electron chi connectivity index (χ1n) is 5.01. The summed E-state index contributed by atoms with van der Waals surface area (Å²) < 4.78 is 5.00. The van der Waals surface area contributed by atoms with Gasteiger partial charge in [-0.05, 0) is 25.0 Å². The van der Waals surface area contributed by atoms with Crippen molar-refractivity contribution >= 4 is 5.78 Å². The van der Waals surface area contributed by atoms with Crippen molar-refractivity contribution in [2.45, 2.75) is 26.7 Å². The average molecular weight is 208 g/mol. The fourth-order valence-electron chi connectivity index (χ4n) is 1.57. The molecule has 82 valence electrons. The van der Waals surface area contributed by atoms with Crippen LogP contribution in [0.15, 0.2) is 12.1 Å². The monoisotopic (exact) mass is 208 g/mol. The molecule has 1 rings (SSSR count). The standard InChI is InChI=1S/C12H16O3/c1-4-5-10(13)12-8(2)6-9(15-3)7-11(12)14/h6-7,14H,4-5H2,1-3H3. The quantitative estimate of drug-likeness (QED) is 0.774. The molecule has 0 fully saturated rings. The second kappa shape index (κ2) is 4.82. The third-order valence-corrected chi connectivity index (χ3v) is 2.28. The van der Waals surface area contributed by atoms with Crippen LogP contribution in [-0.4, -0.2) is 18.0 Å². The molecule has 0 saturated heterocycles. The number of methoxy groups -OCH3 is 1. The molecule has 1 N–H and O–H groups in total. The Kier molecular flexibility index (Phi) is 3.72. The topological polar surface area (TPSA) is 46.5 Å². The molecule has 3 nitrogen and oxygen atoms in total. The summed E-state index contributed by atoms with van der Waals surface area (Å²) in [5.74, 6) is 0.554.